The van der Waals surface area contributed by atoms with Gasteiger partial charge in [-0.25, -0.2) is 4.98 Å². The Labute approximate surface area is 213 Å². The van der Waals surface area contributed by atoms with E-state index in [0.29, 0.717) is 23.7 Å². The number of aromatic nitrogens is 2. The summed E-state index contributed by atoms with van der Waals surface area (Å²) in [4.78, 5) is 19.6. The van der Waals surface area contributed by atoms with Gasteiger partial charge >= 0.3 is 5.97 Å². The number of fused-ring (bicyclic) bond motifs is 5. The molecule has 1 N–H and O–H groups in total. The number of H-pyrrole nitrogens is 1. The van der Waals surface area contributed by atoms with Crippen LogP contribution in [0.4, 0.5) is 0 Å². The average molecular weight is 481 g/mol. The smallest absolute Gasteiger partial charge is 0.306 e. The minimum atomic E-state index is -0.0647. The van der Waals surface area contributed by atoms with Crippen molar-refractivity contribution < 1.29 is 9.53 Å². The summed E-state index contributed by atoms with van der Waals surface area (Å²) in [5.74, 6) is 4.33. The molecule has 1 heterocycles. The number of hydrogen-bond acceptors (Lipinski definition) is 3. The van der Waals surface area contributed by atoms with E-state index in [0.717, 1.165) is 48.1 Å². The van der Waals surface area contributed by atoms with Gasteiger partial charge in [-0.05, 0) is 91.8 Å². The number of nitrogens with zero attached hydrogens (tertiary/aromatic N) is 1. The van der Waals surface area contributed by atoms with Crippen molar-refractivity contribution in [3.8, 4) is 0 Å². The third kappa shape index (κ3) is 4.64. The van der Waals surface area contributed by atoms with Gasteiger partial charge < -0.3 is 9.72 Å². The van der Waals surface area contributed by atoms with Crippen LogP contribution in [0.3, 0.4) is 0 Å². The highest BCUT2D eigenvalue weighted by molar-refractivity contribution is 5.69. The van der Waals surface area contributed by atoms with Crippen LogP contribution < -0.4 is 0 Å². The summed E-state index contributed by atoms with van der Waals surface area (Å²) in [6.45, 7) is 10.1. The second kappa shape index (κ2) is 10.1. The van der Waals surface area contributed by atoms with Crippen LogP contribution in [0.5, 0.6) is 0 Å². The van der Waals surface area contributed by atoms with Crippen molar-refractivity contribution in [1.29, 1.82) is 0 Å². The number of allylic oxidation sites excluding steroid dienone is 1. The molecule has 35 heavy (non-hydrogen) atoms. The van der Waals surface area contributed by atoms with Gasteiger partial charge in [-0.2, -0.15) is 0 Å². The second-order valence-electron chi connectivity index (χ2n) is 13.0. The fourth-order valence-corrected chi connectivity index (χ4v) is 9.33. The molecule has 8 atom stereocenters. The predicted molar refractivity (Wildman–Crippen MR) is 141 cm³/mol. The van der Waals surface area contributed by atoms with E-state index < -0.39 is 0 Å². The monoisotopic (exact) mass is 480 g/mol. The van der Waals surface area contributed by atoms with E-state index in [1.807, 2.05) is 0 Å². The molecule has 194 valence electrons. The van der Waals surface area contributed by atoms with Gasteiger partial charge in [-0.1, -0.05) is 58.6 Å². The van der Waals surface area contributed by atoms with Crippen LogP contribution in [0.2, 0.25) is 0 Å². The zero-order valence-corrected chi connectivity index (χ0v) is 22.7. The van der Waals surface area contributed by atoms with Crippen LogP contribution in [-0.4, -0.2) is 22.0 Å². The van der Waals surface area contributed by atoms with Gasteiger partial charge in [0, 0.05) is 18.3 Å². The number of aromatic amines is 1. The van der Waals surface area contributed by atoms with Crippen LogP contribution >= 0.6 is 0 Å². The van der Waals surface area contributed by atoms with Crippen molar-refractivity contribution >= 4 is 5.97 Å². The summed E-state index contributed by atoms with van der Waals surface area (Å²) in [5, 5.41) is 0. The van der Waals surface area contributed by atoms with Crippen LogP contribution in [0, 0.1) is 40.4 Å². The zero-order chi connectivity index (χ0) is 24.6. The van der Waals surface area contributed by atoms with E-state index in [9.17, 15) is 4.79 Å². The number of ether oxygens (including phenoxy) is 1. The summed E-state index contributed by atoms with van der Waals surface area (Å²) in [7, 11) is 0. The van der Waals surface area contributed by atoms with Crippen molar-refractivity contribution in [2.45, 2.75) is 117 Å². The molecule has 1 aromatic rings. The molecule has 8 unspecified atom stereocenters. The Morgan fingerprint density at radius 2 is 2.06 bits per heavy atom. The summed E-state index contributed by atoms with van der Waals surface area (Å²) in [5.41, 5.74) is 3.47. The number of carbonyl (C=O) groups excluding carboxylic acids is 1. The normalized spacial score (nSPS) is 39.2. The first kappa shape index (κ1) is 25.1. The molecule has 0 radical (unpaired) electrons. The molecule has 3 saturated carbocycles. The van der Waals surface area contributed by atoms with Crippen LogP contribution in [0.15, 0.2) is 24.2 Å². The van der Waals surface area contributed by atoms with Crippen LogP contribution in [-0.2, 0) is 16.0 Å². The molecule has 4 aliphatic rings. The lowest BCUT2D eigenvalue weighted by Crippen LogP contribution is -2.51. The number of carbonyl (C=O) groups is 1. The largest absolute Gasteiger partial charge is 0.462 e. The highest BCUT2D eigenvalue weighted by atomic mass is 16.5. The zero-order valence-electron chi connectivity index (χ0n) is 22.7. The molecule has 0 aromatic carbocycles. The lowest BCUT2D eigenvalue weighted by Gasteiger charge is -2.58. The molecule has 0 amide bonds. The van der Waals surface area contributed by atoms with Gasteiger partial charge in [0.05, 0.1) is 12.7 Å². The number of unbranched alkanes of at least 4 members (excludes halogenated alkanes) is 1. The molecule has 3 fully saturated rings. The quantitative estimate of drug-likeness (QED) is 0.307. The van der Waals surface area contributed by atoms with E-state index in [1.54, 1.807) is 18.1 Å². The van der Waals surface area contributed by atoms with Gasteiger partial charge in [0.25, 0.3) is 0 Å². The molecule has 0 aliphatic heterocycles. The van der Waals surface area contributed by atoms with Gasteiger partial charge in [0.15, 0.2) is 0 Å². The van der Waals surface area contributed by atoms with E-state index in [2.05, 4.69) is 43.7 Å². The predicted octanol–water partition coefficient (Wildman–Crippen LogP) is 7.66. The van der Waals surface area contributed by atoms with Crippen molar-refractivity contribution in [2.75, 3.05) is 0 Å². The topological polar surface area (TPSA) is 55.0 Å². The summed E-state index contributed by atoms with van der Waals surface area (Å²) in [6, 6.07) is 0. The van der Waals surface area contributed by atoms with Gasteiger partial charge in [0.2, 0.25) is 0 Å². The maximum absolute atomic E-state index is 12.5. The maximum atomic E-state index is 12.5. The average Bonchev–Trinajstić information content (AvgIpc) is 3.49. The Balaban J connectivity index is 1.22. The molecule has 4 aliphatic carbocycles. The highest BCUT2D eigenvalue weighted by Crippen LogP contribution is 2.67. The van der Waals surface area contributed by atoms with Gasteiger partial charge in [-0.3, -0.25) is 4.79 Å². The van der Waals surface area contributed by atoms with Gasteiger partial charge in [0.1, 0.15) is 6.10 Å². The number of rotatable bonds is 8. The molecule has 0 bridgehead atoms. The summed E-state index contributed by atoms with van der Waals surface area (Å²) < 4.78 is 5.96. The Hall–Kier alpha value is -1.58. The maximum Gasteiger partial charge on any atom is 0.306 e. The Bertz CT molecular complexity index is 907. The summed E-state index contributed by atoms with van der Waals surface area (Å²) >= 11 is 0. The number of imidazole rings is 1. The fraction of sp³-hybridized carbons (Fsp3) is 0.806. The highest BCUT2D eigenvalue weighted by Gasteiger charge is 2.59. The number of nitrogens with one attached hydrogen (secondary N) is 1. The third-order valence-electron chi connectivity index (χ3n) is 11.3. The van der Waals surface area contributed by atoms with Crippen molar-refractivity contribution in [1.82, 2.24) is 9.97 Å². The SMILES string of the molecule is CCCCC(C)C1CCC2C3CC=C4CC(OC(=O)CCc5cnc[nH]5)CCC4(C)C3CCC12C. The first-order valence-electron chi connectivity index (χ1n) is 14.7. The first-order chi connectivity index (χ1) is 16.8. The molecule has 4 nitrogen and oxygen atoms in total. The molecular formula is C31H48N2O2. The van der Waals surface area contributed by atoms with E-state index in [-0.39, 0.29) is 12.1 Å². The first-order valence-corrected chi connectivity index (χ1v) is 14.7. The number of aryl methyl sites for hydroxylation is 1. The lowest BCUT2D eigenvalue weighted by atomic mass is 9.47. The molecule has 0 spiro atoms. The van der Waals surface area contributed by atoms with Crippen molar-refractivity contribution in [3.63, 3.8) is 0 Å². The minimum absolute atomic E-state index is 0.0595. The third-order valence-corrected chi connectivity index (χ3v) is 11.3. The molecule has 5 rings (SSSR count). The standard InChI is InChI=1S/C31H48N2O2/c1-5-6-7-21(2)26-11-12-27-25-10-8-22-18-24(35-29(34)13-9-23-19-32-20-33-23)14-16-30(22,3)28(25)15-17-31(26,27)4/h8,19-21,24-28H,5-7,9-18H2,1-4H3,(H,32,33). The van der Waals surface area contributed by atoms with Crippen molar-refractivity contribution in [3.05, 3.63) is 29.9 Å². The van der Waals surface area contributed by atoms with Crippen molar-refractivity contribution in [2.24, 2.45) is 40.4 Å². The summed E-state index contributed by atoms with van der Waals surface area (Å²) in [6.07, 6.45) is 21.5. The van der Waals surface area contributed by atoms with Crippen LogP contribution in [0.1, 0.15) is 110 Å². The molecular weight excluding hydrogens is 432 g/mol. The molecule has 1 aromatic heterocycles. The van der Waals surface area contributed by atoms with E-state index in [1.165, 1.54) is 57.8 Å². The Morgan fingerprint density at radius 3 is 2.83 bits per heavy atom. The van der Waals surface area contributed by atoms with Gasteiger partial charge in [-0.15, -0.1) is 0 Å². The lowest BCUT2D eigenvalue weighted by molar-refractivity contribution is -0.151. The molecule has 0 saturated heterocycles. The van der Waals surface area contributed by atoms with E-state index in [4.69, 9.17) is 4.74 Å². The number of hydrogen-bond donors (Lipinski definition) is 1. The van der Waals surface area contributed by atoms with E-state index >= 15 is 0 Å². The fourth-order valence-electron chi connectivity index (χ4n) is 9.33. The minimum Gasteiger partial charge on any atom is -0.462 e. The second-order valence-corrected chi connectivity index (χ2v) is 13.0. The Kier molecular flexibility index (Phi) is 7.21. The number of esters is 1. The van der Waals surface area contributed by atoms with Crippen LogP contribution in [0.25, 0.3) is 0 Å². The molecule has 4 heteroatoms. The Morgan fingerprint density at radius 1 is 1.20 bits per heavy atom.